The Kier molecular flexibility index (Phi) is 3.68. The van der Waals surface area contributed by atoms with E-state index in [2.05, 4.69) is 10.5 Å². The third-order valence-electron chi connectivity index (χ3n) is 4.17. The fourth-order valence-electron chi connectivity index (χ4n) is 2.87. The number of carbonyl (C=O) groups excluding carboxylic acids is 2. The SMILES string of the molecule is O=C1c2ccccc2C(=O)N1CCc1cc(C2=CC=C(F)CN2)no1. The van der Waals surface area contributed by atoms with Gasteiger partial charge in [0.25, 0.3) is 11.8 Å². The molecule has 0 fully saturated rings. The Labute approximate surface area is 142 Å². The number of benzene rings is 1. The Morgan fingerprint density at radius 1 is 1.16 bits per heavy atom. The molecule has 2 aliphatic heterocycles. The summed E-state index contributed by atoms with van der Waals surface area (Å²) in [6, 6.07) is 8.48. The predicted molar refractivity (Wildman–Crippen MR) is 87.2 cm³/mol. The van der Waals surface area contributed by atoms with Crippen LogP contribution in [0.25, 0.3) is 5.70 Å². The number of dihydropyridines is 1. The summed E-state index contributed by atoms with van der Waals surface area (Å²) in [4.78, 5) is 25.8. The van der Waals surface area contributed by atoms with E-state index in [1.807, 2.05) is 0 Å². The number of nitrogens with zero attached hydrogens (tertiary/aromatic N) is 2. The van der Waals surface area contributed by atoms with Crippen LogP contribution in [0.3, 0.4) is 0 Å². The molecule has 0 saturated heterocycles. The quantitative estimate of drug-likeness (QED) is 0.865. The summed E-state index contributed by atoms with van der Waals surface area (Å²) in [7, 11) is 0. The molecule has 4 rings (SSSR count). The van der Waals surface area contributed by atoms with Crippen LogP contribution in [0.4, 0.5) is 4.39 Å². The van der Waals surface area contributed by atoms with Crippen molar-refractivity contribution in [2.75, 3.05) is 13.1 Å². The van der Waals surface area contributed by atoms with E-state index in [4.69, 9.17) is 4.52 Å². The van der Waals surface area contributed by atoms with Gasteiger partial charge in [-0.05, 0) is 24.3 Å². The first-order valence-corrected chi connectivity index (χ1v) is 7.85. The van der Waals surface area contributed by atoms with Gasteiger partial charge in [-0.1, -0.05) is 17.3 Å². The number of hydrogen-bond donors (Lipinski definition) is 1. The van der Waals surface area contributed by atoms with Crippen molar-refractivity contribution in [1.29, 1.82) is 0 Å². The number of amides is 2. The number of imide groups is 1. The molecule has 126 valence electrons. The number of halogens is 1. The molecule has 2 aliphatic rings. The first-order valence-electron chi connectivity index (χ1n) is 7.85. The molecule has 0 saturated carbocycles. The molecule has 1 aromatic heterocycles. The van der Waals surface area contributed by atoms with Gasteiger partial charge in [0.2, 0.25) is 0 Å². The van der Waals surface area contributed by atoms with Crippen LogP contribution in [0.15, 0.2) is 52.8 Å². The first-order chi connectivity index (χ1) is 12.1. The number of aromatic nitrogens is 1. The third-order valence-corrected chi connectivity index (χ3v) is 4.17. The van der Waals surface area contributed by atoms with Crippen molar-refractivity contribution in [3.05, 3.63) is 70.9 Å². The van der Waals surface area contributed by atoms with Crippen LogP contribution >= 0.6 is 0 Å². The van der Waals surface area contributed by atoms with Gasteiger partial charge in [0.05, 0.1) is 23.4 Å². The van der Waals surface area contributed by atoms with E-state index in [1.165, 1.54) is 11.0 Å². The lowest BCUT2D eigenvalue weighted by molar-refractivity contribution is 0.0654. The molecule has 1 N–H and O–H groups in total. The molecule has 1 aromatic carbocycles. The minimum atomic E-state index is -0.294. The van der Waals surface area contributed by atoms with Crippen molar-refractivity contribution in [2.24, 2.45) is 0 Å². The van der Waals surface area contributed by atoms with E-state index in [1.54, 1.807) is 36.4 Å². The van der Waals surface area contributed by atoms with Crippen LogP contribution in [-0.4, -0.2) is 35.0 Å². The van der Waals surface area contributed by atoms with E-state index in [0.717, 1.165) is 0 Å². The summed E-state index contributed by atoms with van der Waals surface area (Å²) in [5, 5.41) is 6.84. The van der Waals surface area contributed by atoms with Gasteiger partial charge in [0.1, 0.15) is 17.3 Å². The molecule has 0 unspecified atom stereocenters. The molecular weight excluding hydrogens is 325 g/mol. The second-order valence-electron chi connectivity index (χ2n) is 5.78. The van der Waals surface area contributed by atoms with Gasteiger partial charge < -0.3 is 9.84 Å². The third kappa shape index (κ3) is 2.73. The summed E-state index contributed by atoms with van der Waals surface area (Å²) in [6.07, 6.45) is 3.32. The summed E-state index contributed by atoms with van der Waals surface area (Å²) >= 11 is 0. The molecule has 2 aromatic rings. The smallest absolute Gasteiger partial charge is 0.261 e. The Balaban J connectivity index is 1.45. The maximum atomic E-state index is 13.0. The molecule has 2 amide bonds. The highest BCUT2D eigenvalue weighted by molar-refractivity contribution is 6.21. The van der Waals surface area contributed by atoms with Crippen molar-refractivity contribution in [3.63, 3.8) is 0 Å². The maximum Gasteiger partial charge on any atom is 0.261 e. The van der Waals surface area contributed by atoms with Crippen molar-refractivity contribution in [3.8, 4) is 0 Å². The van der Waals surface area contributed by atoms with E-state index in [0.29, 0.717) is 34.7 Å². The minimum absolute atomic E-state index is 0.114. The summed E-state index contributed by atoms with van der Waals surface area (Å²) < 4.78 is 18.3. The molecule has 0 atom stereocenters. The van der Waals surface area contributed by atoms with E-state index in [-0.39, 0.29) is 30.7 Å². The zero-order valence-corrected chi connectivity index (χ0v) is 13.2. The predicted octanol–water partition coefficient (Wildman–Crippen LogP) is 2.31. The van der Waals surface area contributed by atoms with Gasteiger partial charge in [-0.3, -0.25) is 14.5 Å². The van der Waals surface area contributed by atoms with Gasteiger partial charge in [0.15, 0.2) is 0 Å². The fraction of sp³-hybridized carbons (Fsp3) is 0.167. The van der Waals surface area contributed by atoms with Crippen molar-refractivity contribution in [2.45, 2.75) is 6.42 Å². The molecule has 7 heteroatoms. The molecular formula is C18H14FN3O3. The fourth-order valence-corrected chi connectivity index (χ4v) is 2.87. The van der Waals surface area contributed by atoms with Crippen LogP contribution in [0.5, 0.6) is 0 Å². The normalized spacial score (nSPS) is 16.4. The molecule has 0 radical (unpaired) electrons. The van der Waals surface area contributed by atoms with Crippen molar-refractivity contribution < 1.29 is 18.5 Å². The highest BCUT2D eigenvalue weighted by atomic mass is 19.1. The van der Waals surface area contributed by atoms with Crippen LogP contribution in [0.1, 0.15) is 32.2 Å². The number of allylic oxidation sites excluding steroid dienone is 2. The topological polar surface area (TPSA) is 75.4 Å². The van der Waals surface area contributed by atoms with E-state index in [9.17, 15) is 14.0 Å². The average molecular weight is 339 g/mol. The van der Waals surface area contributed by atoms with Gasteiger partial charge >= 0.3 is 0 Å². The summed E-state index contributed by atoms with van der Waals surface area (Å²) in [6.45, 7) is 0.324. The van der Waals surface area contributed by atoms with Crippen LogP contribution in [0, 0.1) is 0 Å². The highest BCUT2D eigenvalue weighted by Gasteiger charge is 2.34. The standard InChI is InChI=1S/C18H14FN3O3/c19-11-5-6-15(20-10-11)16-9-12(25-21-16)7-8-22-17(23)13-3-1-2-4-14(13)18(22)24/h1-6,9,20H,7-8,10H2. The lowest BCUT2D eigenvalue weighted by Gasteiger charge is -2.12. The maximum absolute atomic E-state index is 13.0. The summed E-state index contributed by atoms with van der Waals surface area (Å²) in [5.74, 6) is -0.294. The molecule has 0 spiro atoms. The first kappa shape index (κ1) is 15.3. The molecule has 0 aliphatic carbocycles. The lowest BCUT2D eigenvalue weighted by Crippen LogP contribution is -2.31. The minimum Gasteiger partial charge on any atom is -0.377 e. The molecule has 0 bridgehead atoms. The average Bonchev–Trinajstić information content (AvgIpc) is 3.19. The van der Waals surface area contributed by atoms with Gasteiger partial charge in [0, 0.05) is 19.0 Å². The molecule has 3 heterocycles. The van der Waals surface area contributed by atoms with E-state index >= 15 is 0 Å². The molecule has 6 nitrogen and oxygen atoms in total. The summed E-state index contributed by atoms with van der Waals surface area (Å²) in [5.41, 5.74) is 2.07. The second kappa shape index (κ2) is 6.01. The Bertz CT molecular complexity index is 894. The Morgan fingerprint density at radius 3 is 2.52 bits per heavy atom. The lowest BCUT2D eigenvalue weighted by atomic mass is 10.1. The largest absolute Gasteiger partial charge is 0.377 e. The number of rotatable bonds is 4. The van der Waals surface area contributed by atoms with Gasteiger partial charge in [-0.25, -0.2) is 4.39 Å². The molecule has 25 heavy (non-hydrogen) atoms. The Morgan fingerprint density at radius 2 is 1.88 bits per heavy atom. The van der Waals surface area contributed by atoms with E-state index < -0.39 is 0 Å². The number of hydrogen-bond acceptors (Lipinski definition) is 5. The zero-order valence-electron chi connectivity index (χ0n) is 13.2. The Hall–Kier alpha value is -3.22. The van der Waals surface area contributed by atoms with Crippen molar-refractivity contribution >= 4 is 17.5 Å². The van der Waals surface area contributed by atoms with Crippen molar-refractivity contribution in [1.82, 2.24) is 15.4 Å². The van der Waals surface area contributed by atoms with Crippen LogP contribution in [0.2, 0.25) is 0 Å². The second-order valence-corrected chi connectivity index (χ2v) is 5.78. The van der Waals surface area contributed by atoms with Gasteiger partial charge in [-0.2, -0.15) is 0 Å². The van der Waals surface area contributed by atoms with Crippen LogP contribution in [-0.2, 0) is 6.42 Å². The van der Waals surface area contributed by atoms with Crippen LogP contribution < -0.4 is 5.32 Å². The van der Waals surface area contributed by atoms with Gasteiger partial charge in [-0.15, -0.1) is 0 Å². The number of fused-ring (bicyclic) bond motifs is 1. The highest BCUT2D eigenvalue weighted by Crippen LogP contribution is 2.23. The monoisotopic (exact) mass is 339 g/mol. The number of nitrogens with one attached hydrogen (secondary N) is 1. The zero-order chi connectivity index (χ0) is 17.4. The number of carbonyl (C=O) groups is 2.